The molecule has 4 nitrogen and oxygen atoms in total. The minimum Gasteiger partial charge on any atom is -0.444 e. The van der Waals surface area contributed by atoms with Gasteiger partial charge in [0.15, 0.2) is 0 Å². The van der Waals surface area contributed by atoms with E-state index >= 15 is 0 Å². The van der Waals surface area contributed by atoms with Crippen molar-refractivity contribution >= 4 is 6.09 Å². The van der Waals surface area contributed by atoms with E-state index in [-0.39, 0.29) is 12.1 Å². The zero-order valence-corrected chi connectivity index (χ0v) is 13.7. The van der Waals surface area contributed by atoms with Crippen LogP contribution in [-0.4, -0.2) is 34.7 Å². The lowest BCUT2D eigenvalue weighted by Crippen LogP contribution is -2.58. The molecule has 2 N–H and O–H groups in total. The van der Waals surface area contributed by atoms with E-state index < -0.39 is 5.60 Å². The molecule has 2 aliphatic heterocycles. The monoisotopic (exact) mass is 294 g/mol. The van der Waals surface area contributed by atoms with Gasteiger partial charge in [0.05, 0.1) is 0 Å². The van der Waals surface area contributed by atoms with E-state index in [1.807, 2.05) is 20.8 Å². The topological polar surface area (TPSA) is 55.6 Å². The number of rotatable bonds is 1. The van der Waals surface area contributed by atoms with Gasteiger partial charge in [0.25, 0.3) is 0 Å². The molecule has 0 aromatic rings. The van der Waals surface area contributed by atoms with E-state index in [1.165, 1.54) is 25.7 Å². The van der Waals surface area contributed by atoms with Crippen LogP contribution >= 0.6 is 0 Å². The van der Waals surface area contributed by atoms with Crippen LogP contribution in [0.2, 0.25) is 0 Å². The molecule has 3 aliphatic rings. The standard InChI is InChI=1S/C17H30N2O2/c1-17(2,3)21-16(20)19-12-8-9-14(19)15(13(18)10-12)11-6-4-5-7-11/h11-15H,4-10,18H2,1-3H3. The van der Waals surface area contributed by atoms with E-state index in [9.17, 15) is 4.79 Å². The lowest BCUT2D eigenvalue weighted by atomic mass is 9.76. The number of ether oxygens (including phenoxy) is 1. The SMILES string of the molecule is CC(C)(C)OC(=O)N1C2CCC1C(C1CCCC1)C(N)C2. The Labute approximate surface area is 128 Å². The smallest absolute Gasteiger partial charge is 0.410 e. The van der Waals surface area contributed by atoms with Gasteiger partial charge in [-0.1, -0.05) is 25.7 Å². The second-order valence-electron chi connectivity index (χ2n) is 8.21. The van der Waals surface area contributed by atoms with Gasteiger partial charge in [-0.2, -0.15) is 0 Å². The molecule has 0 radical (unpaired) electrons. The van der Waals surface area contributed by atoms with Crippen molar-refractivity contribution in [3.63, 3.8) is 0 Å². The highest BCUT2D eigenvalue weighted by atomic mass is 16.6. The molecule has 0 spiro atoms. The third-order valence-electron chi connectivity index (χ3n) is 5.58. The van der Waals surface area contributed by atoms with E-state index in [0.717, 1.165) is 19.3 Å². The largest absolute Gasteiger partial charge is 0.444 e. The first-order valence-corrected chi connectivity index (χ1v) is 8.64. The molecule has 2 heterocycles. The van der Waals surface area contributed by atoms with Crippen molar-refractivity contribution in [1.82, 2.24) is 4.90 Å². The summed E-state index contributed by atoms with van der Waals surface area (Å²) in [4.78, 5) is 14.7. The second kappa shape index (κ2) is 5.45. The normalized spacial score (nSPS) is 37.0. The maximum absolute atomic E-state index is 12.6. The van der Waals surface area contributed by atoms with Crippen LogP contribution < -0.4 is 5.73 Å². The Morgan fingerprint density at radius 3 is 2.43 bits per heavy atom. The Morgan fingerprint density at radius 2 is 1.81 bits per heavy atom. The molecule has 3 fully saturated rings. The highest BCUT2D eigenvalue weighted by molar-refractivity contribution is 5.69. The van der Waals surface area contributed by atoms with Crippen LogP contribution in [0.5, 0.6) is 0 Å². The van der Waals surface area contributed by atoms with Crippen molar-refractivity contribution in [2.45, 2.75) is 89.4 Å². The van der Waals surface area contributed by atoms with Gasteiger partial charge in [-0.3, -0.25) is 0 Å². The molecule has 4 atom stereocenters. The molecule has 4 heteroatoms. The molecule has 4 unspecified atom stereocenters. The average Bonchev–Trinajstić information content (AvgIpc) is 2.96. The van der Waals surface area contributed by atoms with Crippen molar-refractivity contribution in [3.8, 4) is 0 Å². The Bertz CT molecular complexity index is 398. The number of carbonyl (C=O) groups excluding carboxylic acids is 1. The van der Waals surface area contributed by atoms with E-state index in [2.05, 4.69) is 4.90 Å². The number of nitrogens with zero attached hydrogens (tertiary/aromatic N) is 1. The molecule has 1 aliphatic carbocycles. The predicted molar refractivity (Wildman–Crippen MR) is 82.9 cm³/mol. The van der Waals surface area contributed by atoms with Crippen LogP contribution in [-0.2, 0) is 4.74 Å². The fourth-order valence-electron chi connectivity index (χ4n) is 4.88. The summed E-state index contributed by atoms with van der Waals surface area (Å²) in [6.07, 6.45) is 8.29. The van der Waals surface area contributed by atoms with E-state index in [0.29, 0.717) is 23.9 Å². The molecule has 21 heavy (non-hydrogen) atoms. The van der Waals surface area contributed by atoms with Gasteiger partial charge in [-0.05, 0) is 51.9 Å². The second-order valence-corrected chi connectivity index (χ2v) is 8.21. The minimum absolute atomic E-state index is 0.120. The molecule has 120 valence electrons. The summed E-state index contributed by atoms with van der Waals surface area (Å²) in [5.41, 5.74) is 6.07. The molecule has 0 aromatic carbocycles. The molecule has 1 amide bonds. The first-order valence-electron chi connectivity index (χ1n) is 8.64. The van der Waals surface area contributed by atoms with Crippen LogP contribution in [0.3, 0.4) is 0 Å². The molecular weight excluding hydrogens is 264 g/mol. The van der Waals surface area contributed by atoms with Crippen molar-refractivity contribution in [2.24, 2.45) is 17.6 Å². The Kier molecular flexibility index (Phi) is 3.93. The number of hydrogen-bond acceptors (Lipinski definition) is 3. The van der Waals surface area contributed by atoms with Gasteiger partial charge in [0.2, 0.25) is 0 Å². The molecule has 2 bridgehead atoms. The molecule has 1 saturated carbocycles. The van der Waals surface area contributed by atoms with Crippen molar-refractivity contribution in [2.75, 3.05) is 0 Å². The molecule has 3 rings (SSSR count). The number of carbonyl (C=O) groups is 1. The average molecular weight is 294 g/mol. The quantitative estimate of drug-likeness (QED) is 0.807. The Hall–Kier alpha value is -0.770. The van der Waals surface area contributed by atoms with Gasteiger partial charge in [0, 0.05) is 18.1 Å². The van der Waals surface area contributed by atoms with Crippen molar-refractivity contribution in [1.29, 1.82) is 0 Å². The summed E-state index contributed by atoms with van der Waals surface area (Å²) in [6, 6.07) is 0.887. The number of piperidine rings is 1. The summed E-state index contributed by atoms with van der Waals surface area (Å²) in [5, 5.41) is 0. The fraction of sp³-hybridized carbons (Fsp3) is 0.941. The lowest BCUT2D eigenvalue weighted by molar-refractivity contribution is -0.0119. The predicted octanol–water partition coefficient (Wildman–Crippen LogP) is 3.29. The number of amides is 1. The van der Waals surface area contributed by atoms with Crippen LogP contribution in [0.1, 0.15) is 65.7 Å². The van der Waals surface area contributed by atoms with Crippen LogP contribution in [0.25, 0.3) is 0 Å². The van der Waals surface area contributed by atoms with Crippen molar-refractivity contribution in [3.05, 3.63) is 0 Å². The highest BCUT2D eigenvalue weighted by Crippen LogP contribution is 2.46. The maximum atomic E-state index is 12.6. The fourth-order valence-corrected chi connectivity index (χ4v) is 4.88. The summed E-state index contributed by atoms with van der Waals surface area (Å²) < 4.78 is 5.65. The third kappa shape index (κ3) is 2.92. The van der Waals surface area contributed by atoms with Gasteiger partial charge in [-0.25, -0.2) is 4.79 Å². The van der Waals surface area contributed by atoms with Crippen LogP contribution in [0, 0.1) is 11.8 Å². The minimum atomic E-state index is -0.418. The first-order chi connectivity index (χ1) is 9.87. The number of hydrogen-bond donors (Lipinski definition) is 1. The van der Waals surface area contributed by atoms with Gasteiger partial charge < -0.3 is 15.4 Å². The summed E-state index contributed by atoms with van der Waals surface area (Å²) in [7, 11) is 0. The van der Waals surface area contributed by atoms with E-state index in [1.54, 1.807) is 0 Å². The number of nitrogens with two attached hydrogens (primary N) is 1. The number of fused-ring (bicyclic) bond motifs is 2. The van der Waals surface area contributed by atoms with Crippen molar-refractivity contribution < 1.29 is 9.53 Å². The zero-order chi connectivity index (χ0) is 15.2. The summed E-state index contributed by atoms with van der Waals surface area (Å²) in [5.74, 6) is 1.20. The Balaban J connectivity index is 1.77. The van der Waals surface area contributed by atoms with E-state index in [4.69, 9.17) is 10.5 Å². The van der Waals surface area contributed by atoms with Crippen LogP contribution in [0.15, 0.2) is 0 Å². The van der Waals surface area contributed by atoms with Crippen LogP contribution in [0.4, 0.5) is 4.79 Å². The van der Waals surface area contributed by atoms with Gasteiger partial charge in [-0.15, -0.1) is 0 Å². The molecular formula is C17H30N2O2. The lowest BCUT2D eigenvalue weighted by Gasteiger charge is -2.46. The maximum Gasteiger partial charge on any atom is 0.410 e. The Morgan fingerprint density at radius 1 is 1.14 bits per heavy atom. The molecule has 0 aromatic heterocycles. The third-order valence-corrected chi connectivity index (χ3v) is 5.58. The van der Waals surface area contributed by atoms with Gasteiger partial charge >= 0.3 is 6.09 Å². The molecule has 2 saturated heterocycles. The van der Waals surface area contributed by atoms with Gasteiger partial charge in [0.1, 0.15) is 5.60 Å². The highest BCUT2D eigenvalue weighted by Gasteiger charge is 2.51. The summed E-state index contributed by atoms with van der Waals surface area (Å²) in [6.45, 7) is 5.82. The first kappa shape index (κ1) is 15.1. The summed E-state index contributed by atoms with van der Waals surface area (Å²) >= 11 is 0. The zero-order valence-electron chi connectivity index (χ0n) is 13.7.